The summed E-state index contributed by atoms with van der Waals surface area (Å²) in [6, 6.07) is 6.89. The summed E-state index contributed by atoms with van der Waals surface area (Å²) in [5, 5.41) is 3.40. The van der Waals surface area contributed by atoms with E-state index in [0.717, 1.165) is 6.54 Å². The molecule has 1 nitrogen and oxygen atoms in total. The lowest BCUT2D eigenvalue weighted by atomic mass is 10.1. The molecule has 0 unspecified atom stereocenters. The summed E-state index contributed by atoms with van der Waals surface area (Å²) in [7, 11) is 0. The van der Waals surface area contributed by atoms with Gasteiger partial charge < -0.3 is 5.32 Å². The van der Waals surface area contributed by atoms with Crippen molar-refractivity contribution < 1.29 is 0 Å². The molecule has 0 radical (unpaired) electrons. The molecule has 0 aliphatic heterocycles. The molecule has 0 saturated carbocycles. The molecule has 72 valence electrons. The Labute approximate surface area is 88.7 Å². The highest BCUT2D eigenvalue weighted by Gasteiger charge is 2.01. The van der Waals surface area contributed by atoms with E-state index in [2.05, 4.69) is 60.2 Å². The molecule has 0 aliphatic carbocycles. The Bertz CT molecular complexity index is 281. The van der Waals surface area contributed by atoms with Gasteiger partial charge in [-0.25, -0.2) is 0 Å². The molecule has 0 heterocycles. The fourth-order valence-corrected chi connectivity index (χ4v) is 1.56. The van der Waals surface area contributed by atoms with Crippen molar-refractivity contribution in [2.45, 2.75) is 33.4 Å². The van der Waals surface area contributed by atoms with Crippen LogP contribution in [0.4, 0.5) is 0 Å². The van der Waals surface area contributed by atoms with Crippen LogP contribution >= 0.6 is 15.9 Å². The van der Waals surface area contributed by atoms with E-state index in [1.807, 2.05) is 0 Å². The van der Waals surface area contributed by atoms with Crippen LogP contribution in [-0.4, -0.2) is 6.04 Å². The van der Waals surface area contributed by atoms with E-state index >= 15 is 0 Å². The third-order valence-corrected chi connectivity index (χ3v) is 3.11. The smallest absolute Gasteiger partial charge is 0.0249 e. The molecular weight excluding hydrogens is 226 g/mol. The topological polar surface area (TPSA) is 12.0 Å². The normalized spacial score (nSPS) is 10.8. The van der Waals surface area contributed by atoms with Crippen molar-refractivity contribution in [1.29, 1.82) is 0 Å². The number of rotatable bonds is 3. The van der Waals surface area contributed by atoms with Gasteiger partial charge in [0.25, 0.3) is 0 Å². The van der Waals surface area contributed by atoms with Gasteiger partial charge in [0.15, 0.2) is 0 Å². The minimum Gasteiger partial charge on any atom is -0.310 e. The van der Waals surface area contributed by atoms with E-state index in [1.165, 1.54) is 15.6 Å². The van der Waals surface area contributed by atoms with Gasteiger partial charge in [0.1, 0.15) is 0 Å². The van der Waals surface area contributed by atoms with Crippen LogP contribution in [0.15, 0.2) is 22.7 Å². The van der Waals surface area contributed by atoms with E-state index in [1.54, 1.807) is 0 Å². The summed E-state index contributed by atoms with van der Waals surface area (Å²) in [6.45, 7) is 7.36. The number of hydrogen-bond donors (Lipinski definition) is 1. The van der Waals surface area contributed by atoms with Crippen LogP contribution in [-0.2, 0) is 6.54 Å². The Hall–Kier alpha value is -0.340. The molecule has 0 atom stereocenters. The molecule has 0 amide bonds. The molecule has 0 bridgehead atoms. The van der Waals surface area contributed by atoms with Crippen LogP contribution in [0.1, 0.15) is 25.0 Å². The fourth-order valence-electron chi connectivity index (χ4n) is 1.16. The number of aryl methyl sites for hydroxylation is 1. The van der Waals surface area contributed by atoms with Gasteiger partial charge in [-0.05, 0) is 18.1 Å². The van der Waals surface area contributed by atoms with Gasteiger partial charge in [-0.3, -0.25) is 0 Å². The van der Waals surface area contributed by atoms with Crippen molar-refractivity contribution in [1.82, 2.24) is 5.32 Å². The predicted molar refractivity (Wildman–Crippen MR) is 60.9 cm³/mol. The zero-order valence-electron chi connectivity index (χ0n) is 8.39. The van der Waals surface area contributed by atoms with Gasteiger partial charge in [0.05, 0.1) is 0 Å². The molecule has 1 aromatic rings. The average molecular weight is 242 g/mol. The highest BCUT2D eigenvalue weighted by atomic mass is 79.9. The second kappa shape index (κ2) is 4.77. The lowest BCUT2D eigenvalue weighted by molar-refractivity contribution is 0.587. The minimum atomic E-state index is 0.535. The van der Waals surface area contributed by atoms with Crippen molar-refractivity contribution in [2.24, 2.45) is 0 Å². The first-order chi connectivity index (χ1) is 6.11. The first kappa shape index (κ1) is 10.7. The second-order valence-corrected chi connectivity index (χ2v) is 4.38. The number of halogens is 1. The Balaban J connectivity index is 2.71. The average Bonchev–Trinajstić information content (AvgIpc) is 2.07. The third kappa shape index (κ3) is 3.12. The van der Waals surface area contributed by atoms with Gasteiger partial charge in [0, 0.05) is 17.1 Å². The Morgan fingerprint density at radius 3 is 2.69 bits per heavy atom. The quantitative estimate of drug-likeness (QED) is 0.857. The van der Waals surface area contributed by atoms with Gasteiger partial charge >= 0.3 is 0 Å². The minimum absolute atomic E-state index is 0.535. The van der Waals surface area contributed by atoms with E-state index in [0.29, 0.717) is 6.04 Å². The highest BCUT2D eigenvalue weighted by molar-refractivity contribution is 9.10. The first-order valence-corrected chi connectivity index (χ1v) is 5.38. The highest BCUT2D eigenvalue weighted by Crippen LogP contribution is 2.20. The SMILES string of the molecule is Cc1cccc(CNC(C)C)c1Br. The molecule has 0 aliphatic rings. The molecule has 0 spiro atoms. The summed E-state index contributed by atoms with van der Waals surface area (Å²) in [5.41, 5.74) is 2.62. The monoisotopic (exact) mass is 241 g/mol. The Kier molecular flexibility index (Phi) is 3.94. The number of hydrogen-bond acceptors (Lipinski definition) is 1. The van der Waals surface area contributed by atoms with E-state index in [-0.39, 0.29) is 0 Å². The van der Waals surface area contributed by atoms with Crippen LogP contribution in [0.2, 0.25) is 0 Å². The summed E-state index contributed by atoms with van der Waals surface area (Å²) in [5.74, 6) is 0. The molecule has 0 saturated heterocycles. The first-order valence-electron chi connectivity index (χ1n) is 4.58. The second-order valence-electron chi connectivity index (χ2n) is 3.58. The lowest BCUT2D eigenvalue weighted by Crippen LogP contribution is -2.22. The van der Waals surface area contributed by atoms with E-state index in [9.17, 15) is 0 Å². The van der Waals surface area contributed by atoms with Crippen molar-refractivity contribution in [3.8, 4) is 0 Å². The molecule has 0 fully saturated rings. The number of nitrogens with one attached hydrogen (secondary N) is 1. The van der Waals surface area contributed by atoms with Crippen LogP contribution in [0.25, 0.3) is 0 Å². The standard InChI is InChI=1S/C11H16BrN/c1-8(2)13-7-10-6-4-5-9(3)11(10)12/h4-6,8,13H,7H2,1-3H3. The Morgan fingerprint density at radius 1 is 1.38 bits per heavy atom. The molecular formula is C11H16BrN. The van der Waals surface area contributed by atoms with E-state index in [4.69, 9.17) is 0 Å². The zero-order valence-corrected chi connectivity index (χ0v) is 9.98. The fraction of sp³-hybridized carbons (Fsp3) is 0.455. The predicted octanol–water partition coefficient (Wildman–Crippen LogP) is 3.26. The third-order valence-electron chi connectivity index (χ3n) is 1.97. The number of benzene rings is 1. The van der Waals surface area contributed by atoms with Gasteiger partial charge in [-0.1, -0.05) is 48.0 Å². The molecule has 2 heteroatoms. The molecule has 13 heavy (non-hydrogen) atoms. The maximum atomic E-state index is 3.59. The molecule has 0 aromatic heterocycles. The van der Waals surface area contributed by atoms with Crippen molar-refractivity contribution in [3.05, 3.63) is 33.8 Å². The summed E-state index contributed by atoms with van der Waals surface area (Å²) < 4.78 is 1.23. The van der Waals surface area contributed by atoms with Gasteiger partial charge in [-0.15, -0.1) is 0 Å². The van der Waals surface area contributed by atoms with Gasteiger partial charge in [0.2, 0.25) is 0 Å². The molecule has 1 N–H and O–H groups in total. The molecule has 1 aromatic carbocycles. The lowest BCUT2D eigenvalue weighted by Gasteiger charge is -2.10. The molecule has 1 rings (SSSR count). The summed E-state index contributed by atoms with van der Waals surface area (Å²) in [4.78, 5) is 0. The van der Waals surface area contributed by atoms with E-state index < -0.39 is 0 Å². The summed E-state index contributed by atoms with van der Waals surface area (Å²) >= 11 is 3.59. The van der Waals surface area contributed by atoms with Crippen molar-refractivity contribution >= 4 is 15.9 Å². The van der Waals surface area contributed by atoms with Crippen LogP contribution < -0.4 is 5.32 Å². The van der Waals surface area contributed by atoms with Gasteiger partial charge in [-0.2, -0.15) is 0 Å². The maximum Gasteiger partial charge on any atom is 0.0249 e. The summed E-state index contributed by atoms with van der Waals surface area (Å²) in [6.07, 6.45) is 0. The van der Waals surface area contributed by atoms with Crippen LogP contribution in [0, 0.1) is 6.92 Å². The van der Waals surface area contributed by atoms with Crippen molar-refractivity contribution in [3.63, 3.8) is 0 Å². The maximum absolute atomic E-state index is 3.59. The largest absolute Gasteiger partial charge is 0.310 e. The van der Waals surface area contributed by atoms with Crippen LogP contribution in [0.3, 0.4) is 0 Å². The Morgan fingerprint density at radius 2 is 2.08 bits per heavy atom. The van der Waals surface area contributed by atoms with Crippen molar-refractivity contribution in [2.75, 3.05) is 0 Å². The zero-order chi connectivity index (χ0) is 9.84. The van der Waals surface area contributed by atoms with Crippen LogP contribution in [0.5, 0.6) is 0 Å².